The summed E-state index contributed by atoms with van der Waals surface area (Å²) in [6.07, 6.45) is 0. The molecule has 0 aliphatic rings. The van der Waals surface area contributed by atoms with Crippen LogP contribution in [0.2, 0.25) is 0 Å². The summed E-state index contributed by atoms with van der Waals surface area (Å²) in [5.41, 5.74) is 2.02. The quantitative estimate of drug-likeness (QED) is 0.599. The van der Waals surface area contributed by atoms with Gasteiger partial charge in [0, 0.05) is 12.6 Å². The first-order valence-corrected chi connectivity index (χ1v) is 8.75. The molecule has 3 heterocycles. The fourth-order valence-electron chi connectivity index (χ4n) is 2.61. The van der Waals surface area contributed by atoms with Crippen molar-refractivity contribution in [3.8, 4) is 11.3 Å². The van der Waals surface area contributed by atoms with E-state index in [-0.39, 0.29) is 11.4 Å². The van der Waals surface area contributed by atoms with E-state index in [9.17, 15) is 9.18 Å². The number of rotatable bonds is 4. The Bertz CT molecular complexity index is 1110. The highest BCUT2D eigenvalue weighted by Crippen LogP contribution is 2.19. The first-order valence-electron chi connectivity index (χ1n) is 7.87. The van der Waals surface area contributed by atoms with Gasteiger partial charge in [-0.05, 0) is 47.8 Å². The van der Waals surface area contributed by atoms with E-state index < -0.39 is 0 Å². The molecular formula is C18H14FN5OS. The van der Waals surface area contributed by atoms with Crippen LogP contribution in [0.1, 0.15) is 5.82 Å². The van der Waals surface area contributed by atoms with Gasteiger partial charge in [0.2, 0.25) is 0 Å². The Labute approximate surface area is 152 Å². The molecule has 6 nitrogen and oxygen atoms in total. The lowest BCUT2D eigenvalue weighted by atomic mass is 10.1. The van der Waals surface area contributed by atoms with Crippen LogP contribution in [0.3, 0.4) is 0 Å². The van der Waals surface area contributed by atoms with E-state index in [0.717, 1.165) is 5.56 Å². The number of nitrogens with zero attached hydrogens (tertiary/aromatic N) is 4. The molecule has 3 aromatic heterocycles. The summed E-state index contributed by atoms with van der Waals surface area (Å²) in [5, 5.41) is 10.3. The summed E-state index contributed by atoms with van der Waals surface area (Å²) in [7, 11) is 1.85. The molecule has 0 spiro atoms. The van der Waals surface area contributed by atoms with E-state index in [4.69, 9.17) is 0 Å². The van der Waals surface area contributed by atoms with Crippen LogP contribution in [0, 0.1) is 5.82 Å². The van der Waals surface area contributed by atoms with Gasteiger partial charge in [0.05, 0.1) is 17.8 Å². The maximum absolute atomic E-state index is 13.0. The molecule has 0 amide bonds. The number of anilines is 1. The highest BCUT2D eigenvalue weighted by molar-refractivity contribution is 7.17. The minimum atomic E-state index is -0.290. The van der Waals surface area contributed by atoms with Crippen molar-refractivity contribution in [3.05, 3.63) is 69.8 Å². The Balaban J connectivity index is 1.54. The standard InChI is InChI=1S/C18H14FN5OS/c1-24(10-15-20-14-8-9-26-17(14)18(25)21-15)16-7-6-13(22-23-16)11-2-4-12(19)5-3-11/h2-9H,10H2,1H3,(H,20,21,25). The van der Waals surface area contributed by atoms with Gasteiger partial charge in [-0.3, -0.25) is 4.79 Å². The highest BCUT2D eigenvalue weighted by atomic mass is 32.1. The molecule has 26 heavy (non-hydrogen) atoms. The number of H-pyrrole nitrogens is 1. The second-order valence-corrected chi connectivity index (χ2v) is 6.70. The molecule has 130 valence electrons. The number of hydrogen-bond acceptors (Lipinski definition) is 6. The number of benzene rings is 1. The van der Waals surface area contributed by atoms with Gasteiger partial charge in [-0.25, -0.2) is 9.37 Å². The monoisotopic (exact) mass is 367 g/mol. The second kappa shape index (κ2) is 6.64. The van der Waals surface area contributed by atoms with Crippen LogP contribution in [0.4, 0.5) is 10.2 Å². The summed E-state index contributed by atoms with van der Waals surface area (Å²) in [4.78, 5) is 21.2. The maximum atomic E-state index is 13.0. The molecule has 0 aliphatic carbocycles. The zero-order valence-electron chi connectivity index (χ0n) is 13.8. The lowest BCUT2D eigenvalue weighted by Gasteiger charge is -2.17. The van der Waals surface area contributed by atoms with E-state index in [2.05, 4.69) is 20.2 Å². The van der Waals surface area contributed by atoms with Gasteiger partial charge >= 0.3 is 0 Å². The van der Waals surface area contributed by atoms with Gasteiger partial charge in [0.1, 0.15) is 16.3 Å². The van der Waals surface area contributed by atoms with Crippen molar-refractivity contribution >= 4 is 27.4 Å². The first kappa shape index (κ1) is 16.3. The van der Waals surface area contributed by atoms with Crippen LogP contribution < -0.4 is 10.5 Å². The van der Waals surface area contributed by atoms with Crippen LogP contribution in [0.25, 0.3) is 21.5 Å². The van der Waals surface area contributed by atoms with Crippen molar-refractivity contribution in [2.24, 2.45) is 0 Å². The number of aromatic nitrogens is 4. The number of halogens is 1. The van der Waals surface area contributed by atoms with Crippen LogP contribution >= 0.6 is 11.3 Å². The Kier molecular flexibility index (Phi) is 4.18. The molecule has 4 aromatic rings. The Morgan fingerprint density at radius 1 is 1.12 bits per heavy atom. The van der Waals surface area contributed by atoms with Crippen LogP contribution in [-0.4, -0.2) is 27.2 Å². The number of aromatic amines is 1. The predicted molar refractivity (Wildman–Crippen MR) is 99.8 cm³/mol. The summed E-state index contributed by atoms with van der Waals surface area (Å²) >= 11 is 1.37. The predicted octanol–water partition coefficient (Wildman–Crippen LogP) is 3.22. The number of nitrogens with one attached hydrogen (secondary N) is 1. The first-order chi connectivity index (χ1) is 12.6. The average Bonchev–Trinajstić information content (AvgIpc) is 3.12. The zero-order valence-corrected chi connectivity index (χ0v) is 14.6. The minimum absolute atomic E-state index is 0.133. The SMILES string of the molecule is CN(Cc1nc2ccsc2c(=O)[nH]1)c1ccc(-c2ccc(F)cc2)nn1. The van der Waals surface area contributed by atoms with Gasteiger partial charge < -0.3 is 9.88 Å². The minimum Gasteiger partial charge on any atom is -0.351 e. The molecule has 0 unspecified atom stereocenters. The molecule has 0 bridgehead atoms. The van der Waals surface area contributed by atoms with E-state index in [1.165, 1.54) is 23.5 Å². The van der Waals surface area contributed by atoms with E-state index >= 15 is 0 Å². The van der Waals surface area contributed by atoms with Crippen molar-refractivity contribution in [1.29, 1.82) is 0 Å². The summed E-state index contributed by atoms with van der Waals surface area (Å²) in [5.74, 6) is 0.916. The molecule has 0 atom stereocenters. The van der Waals surface area contributed by atoms with E-state index in [1.54, 1.807) is 12.1 Å². The zero-order chi connectivity index (χ0) is 18.1. The van der Waals surface area contributed by atoms with Crippen molar-refractivity contribution in [2.75, 3.05) is 11.9 Å². The molecule has 0 fully saturated rings. The fraction of sp³-hybridized carbons (Fsp3) is 0.111. The lowest BCUT2D eigenvalue weighted by molar-refractivity contribution is 0.628. The third-order valence-electron chi connectivity index (χ3n) is 3.93. The Morgan fingerprint density at radius 2 is 1.92 bits per heavy atom. The van der Waals surface area contributed by atoms with Gasteiger partial charge in [-0.15, -0.1) is 21.5 Å². The van der Waals surface area contributed by atoms with Crippen LogP contribution in [0.5, 0.6) is 0 Å². The molecule has 8 heteroatoms. The largest absolute Gasteiger partial charge is 0.351 e. The molecular weight excluding hydrogens is 353 g/mol. The van der Waals surface area contributed by atoms with Crippen molar-refractivity contribution < 1.29 is 4.39 Å². The van der Waals surface area contributed by atoms with Gasteiger partial charge in [-0.2, -0.15) is 0 Å². The maximum Gasteiger partial charge on any atom is 0.268 e. The number of hydrogen-bond donors (Lipinski definition) is 1. The normalized spacial score (nSPS) is 11.0. The topological polar surface area (TPSA) is 74.8 Å². The molecule has 0 aliphatic heterocycles. The lowest BCUT2D eigenvalue weighted by Crippen LogP contribution is -2.22. The van der Waals surface area contributed by atoms with E-state index in [0.29, 0.717) is 34.1 Å². The van der Waals surface area contributed by atoms with E-state index in [1.807, 2.05) is 35.5 Å². The van der Waals surface area contributed by atoms with Crippen LogP contribution in [0.15, 0.2) is 52.6 Å². The van der Waals surface area contributed by atoms with Gasteiger partial charge in [0.25, 0.3) is 5.56 Å². The Morgan fingerprint density at radius 3 is 2.65 bits per heavy atom. The van der Waals surface area contributed by atoms with Crippen molar-refractivity contribution in [3.63, 3.8) is 0 Å². The van der Waals surface area contributed by atoms with Crippen molar-refractivity contribution in [1.82, 2.24) is 20.2 Å². The number of thiophene rings is 1. The fourth-order valence-corrected chi connectivity index (χ4v) is 3.33. The molecule has 0 saturated heterocycles. The molecule has 4 rings (SSSR count). The summed E-state index contributed by atoms with van der Waals surface area (Å²) < 4.78 is 13.6. The molecule has 1 N–H and O–H groups in total. The molecule has 0 saturated carbocycles. The van der Waals surface area contributed by atoms with Gasteiger partial charge in [0.15, 0.2) is 5.82 Å². The summed E-state index contributed by atoms with van der Waals surface area (Å²) in [6.45, 7) is 0.394. The third kappa shape index (κ3) is 3.18. The highest BCUT2D eigenvalue weighted by Gasteiger charge is 2.10. The average molecular weight is 367 g/mol. The second-order valence-electron chi connectivity index (χ2n) is 5.79. The number of fused-ring (bicyclic) bond motifs is 1. The molecule has 1 aromatic carbocycles. The van der Waals surface area contributed by atoms with Gasteiger partial charge in [-0.1, -0.05) is 0 Å². The summed E-state index contributed by atoms with van der Waals surface area (Å²) in [6, 6.07) is 11.6. The van der Waals surface area contributed by atoms with Crippen molar-refractivity contribution in [2.45, 2.75) is 6.54 Å². The smallest absolute Gasteiger partial charge is 0.268 e. The third-order valence-corrected chi connectivity index (χ3v) is 4.83. The Hall–Kier alpha value is -3.13. The molecule has 0 radical (unpaired) electrons. The van der Waals surface area contributed by atoms with Crippen LogP contribution in [-0.2, 0) is 6.54 Å².